The van der Waals surface area contributed by atoms with Crippen molar-refractivity contribution < 1.29 is 0 Å². The van der Waals surface area contributed by atoms with Crippen molar-refractivity contribution in [1.82, 2.24) is 4.90 Å². The van der Waals surface area contributed by atoms with Gasteiger partial charge in [0.25, 0.3) is 0 Å². The molecule has 0 heterocycles. The van der Waals surface area contributed by atoms with Crippen molar-refractivity contribution in [1.29, 1.82) is 5.26 Å². The highest BCUT2D eigenvalue weighted by Crippen LogP contribution is 2.31. The molecule has 0 aromatic carbocycles. The maximum absolute atomic E-state index is 8.88. The Hall–Kier alpha value is -0.590. The van der Waals surface area contributed by atoms with Gasteiger partial charge >= 0.3 is 0 Å². The van der Waals surface area contributed by atoms with Gasteiger partial charge < -0.3 is 5.73 Å². The third kappa shape index (κ3) is 2.96. The van der Waals surface area contributed by atoms with Crippen LogP contribution in [0.15, 0.2) is 0 Å². The molecule has 1 fully saturated rings. The van der Waals surface area contributed by atoms with E-state index in [0.717, 1.165) is 19.5 Å². The molecule has 1 saturated carbocycles. The molecule has 2 N–H and O–H groups in total. The fourth-order valence-electron chi connectivity index (χ4n) is 3.09. The van der Waals surface area contributed by atoms with Crippen LogP contribution in [0.1, 0.15) is 46.0 Å². The molecule has 0 amide bonds. The van der Waals surface area contributed by atoms with Crippen LogP contribution in [0.2, 0.25) is 0 Å². The first-order valence-corrected chi connectivity index (χ1v) is 6.61. The Labute approximate surface area is 99.6 Å². The molecule has 0 aromatic rings. The molecule has 0 spiro atoms. The second-order valence-electron chi connectivity index (χ2n) is 4.75. The summed E-state index contributed by atoms with van der Waals surface area (Å²) in [6.45, 7) is 6.22. The molecule has 0 aromatic heterocycles. The molecule has 3 heteroatoms. The maximum Gasteiger partial charge on any atom is 0.0638 e. The van der Waals surface area contributed by atoms with Gasteiger partial charge in [0.05, 0.1) is 12.5 Å². The van der Waals surface area contributed by atoms with E-state index in [1.807, 2.05) is 0 Å². The van der Waals surface area contributed by atoms with Crippen LogP contribution in [-0.2, 0) is 0 Å². The van der Waals surface area contributed by atoms with Crippen molar-refractivity contribution in [2.75, 3.05) is 13.1 Å². The quantitative estimate of drug-likeness (QED) is 0.750. The highest BCUT2D eigenvalue weighted by atomic mass is 15.2. The number of nitrogens with zero attached hydrogens (tertiary/aromatic N) is 2. The average molecular weight is 223 g/mol. The van der Waals surface area contributed by atoms with E-state index in [9.17, 15) is 0 Å². The van der Waals surface area contributed by atoms with E-state index in [1.165, 1.54) is 19.3 Å². The van der Waals surface area contributed by atoms with Crippen molar-refractivity contribution in [3.63, 3.8) is 0 Å². The van der Waals surface area contributed by atoms with Crippen molar-refractivity contribution in [3.05, 3.63) is 0 Å². The summed E-state index contributed by atoms with van der Waals surface area (Å²) in [7, 11) is 0. The summed E-state index contributed by atoms with van der Waals surface area (Å²) < 4.78 is 0. The largest absolute Gasteiger partial charge is 0.330 e. The van der Waals surface area contributed by atoms with Gasteiger partial charge in [-0.25, -0.2) is 0 Å². The van der Waals surface area contributed by atoms with E-state index >= 15 is 0 Å². The minimum atomic E-state index is 0.423. The number of hydrogen-bond donors (Lipinski definition) is 1. The Morgan fingerprint density at radius 3 is 2.69 bits per heavy atom. The predicted molar refractivity (Wildman–Crippen MR) is 66.9 cm³/mol. The third-order valence-electron chi connectivity index (χ3n) is 3.98. The molecule has 0 saturated heterocycles. The van der Waals surface area contributed by atoms with Gasteiger partial charge in [0, 0.05) is 12.1 Å². The summed E-state index contributed by atoms with van der Waals surface area (Å²) in [6.07, 6.45) is 5.54. The Balaban J connectivity index is 2.68. The zero-order valence-electron chi connectivity index (χ0n) is 10.7. The summed E-state index contributed by atoms with van der Waals surface area (Å²) in [5.41, 5.74) is 5.84. The Morgan fingerprint density at radius 2 is 2.19 bits per heavy atom. The van der Waals surface area contributed by atoms with Crippen LogP contribution in [0.25, 0.3) is 0 Å². The van der Waals surface area contributed by atoms with Crippen molar-refractivity contribution >= 4 is 0 Å². The van der Waals surface area contributed by atoms with E-state index in [-0.39, 0.29) is 0 Å². The molecule has 1 aliphatic carbocycles. The van der Waals surface area contributed by atoms with Crippen LogP contribution < -0.4 is 5.73 Å². The Morgan fingerprint density at radius 1 is 1.44 bits per heavy atom. The molecule has 3 atom stereocenters. The standard InChI is InChI=1S/C13H25N3/c1-3-12(8-9-14)16(4-2)13-7-5-6-11(13)10-15/h11-13H,3-8,10,15H2,1-2H3. The smallest absolute Gasteiger partial charge is 0.0638 e. The first-order valence-electron chi connectivity index (χ1n) is 6.61. The lowest BCUT2D eigenvalue weighted by molar-refractivity contribution is 0.113. The number of hydrogen-bond acceptors (Lipinski definition) is 3. The van der Waals surface area contributed by atoms with E-state index in [1.54, 1.807) is 0 Å². The summed E-state index contributed by atoms with van der Waals surface area (Å²) >= 11 is 0. The molecule has 1 aliphatic rings. The monoisotopic (exact) mass is 223 g/mol. The van der Waals surface area contributed by atoms with Gasteiger partial charge in [-0.15, -0.1) is 0 Å². The number of nitriles is 1. The van der Waals surface area contributed by atoms with Gasteiger partial charge in [-0.05, 0) is 38.3 Å². The molecular weight excluding hydrogens is 198 g/mol. The van der Waals surface area contributed by atoms with Crippen LogP contribution in [-0.4, -0.2) is 30.1 Å². The molecule has 1 rings (SSSR count). The van der Waals surface area contributed by atoms with E-state index in [2.05, 4.69) is 24.8 Å². The lowest BCUT2D eigenvalue weighted by atomic mass is 9.98. The average Bonchev–Trinajstić information content (AvgIpc) is 2.77. The molecule has 3 nitrogen and oxygen atoms in total. The molecule has 0 radical (unpaired) electrons. The minimum Gasteiger partial charge on any atom is -0.330 e. The molecule has 16 heavy (non-hydrogen) atoms. The van der Waals surface area contributed by atoms with Gasteiger partial charge in [-0.1, -0.05) is 20.3 Å². The second-order valence-corrected chi connectivity index (χ2v) is 4.75. The zero-order valence-corrected chi connectivity index (χ0v) is 10.7. The van der Waals surface area contributed by atoms with Crippen LogP contribution >= 0.6 is 0 Å². The highest BCUT2D eigenvalue weighted by molar-refractivity contribution is 4.91. The number of nitrogens with two attached hydrogens (primary N) is 1. The normalized spacial score (nSPS) is 26.9. The molecular formula is C13H25N3. The van der Waals surface area contributed by atoms with Gasteiger partial charge in [0.1, 0.15) is 0 Å². The van der Waals surface area contributed by atoms with Gasteiger partial charge in [-0.3, -0.25) is 4.90 Å². The topological polar surface area (TPSA) is 53.0 Å². The molecule has 3 unspecified atom stereocenters. The molecule has 92 valence electrons. The number of rotatable bonds is 6. The fourth-order valence-corrected chi connectivity index (χ4v) is 3.09. The van der Waals surface area contributed by atoms with Crippen molar-refractivity contribution in [2.45, 2.75) is 58.0 Å². The van der Waals surface area contributed by atoms with Crippen LogP contribution in [0.4, 0.5) is 0 Å². The van der Waals surface area contributed by atoms with Crippen LogP contribution in [0.3, 0.4) is 0 Å². The van der Waals surface area contributed by atoms with Crippen LogP contribution in [0, 0.1) is 17.2 Å². The first-order chi connectivity index (χ1) is 7.78. The van der Waals surface area contributed by atoms with Crippen molar-refractivity contribution in [2.24, 2.45) is 11.7 Å². The lowest BCUT2D eigenvalue weighted by Crippen LogP contribution is -2.46. The summed E-state index contributed by atoms with van der Waals surface area (Å²) in [4.78, 5) is 2.52. The van der Waals surface area contributed by atoms with Crippen molar-refractivity contribution in [3.8, 4) is 6.07 Å². The van der Waals surface area contributed by atoms with E-state index in [0.29, 0.717) is 24.4 Å². The highest BCUT2D eigenvalue weighted by Gasteiger charge is 2.33. The van der Waals surface area contributed by atoms with E-state index in [4.69, 9.17) is 11.0 Å². The molecule has 0 bridgehead atoms. The fraction of sp³-hybridized carbons (Fsp3) is 0.923. The second kappa shape index (κ2) is 6.88. The summed E-state index contributed by atoms with van der Waals surface area (Å²) in [5.74, 6) is 0.646. The SMILES string of the molecule is CCC(CC#N)N(CC)C1CCCC1CN. The van der Waals surface area contributed by atoms with Gasteiger partial charge in [0.15, 0.2) is 0 Å². The van der Waals surface area contributed by atoms with Crippen LogP contribution in [0.5, 0.6) is 0 Å². The maximum atomic E-state index is 8.88. The summed E-state index contributed by atoms with van der Waals surface area (Å²) in [5, 5.41) is 8.88. The van der Waals surface area contributed by atoms with Gasteiger partial charge in [0.2, 0.25) is 0 Å². The Kier molecular flexibility index (Phi) is 5.79. The zero-order chi connectivity index (χ0) is 12.0. The molecule has 0 aliphatic heterocycles. The predicted octanol–water partition coefficient (Wildman–Crippen LogP) is 2.13. The Bertz CT molecular complexity index is 234. The van der Waals surface area contributed by atoms with E-state index < -0.39 is 0 Å². The summed E-state index contributed by atoms with van der Waals surface area (Å²) in [6, 6.07) is 3.36. The third-order valence-corrected chi connectivity index (χ3v) is 3.98. The first kappa shape index (κ1) is 13.5. The minimum absolute atomic E-state index is 0.423. The van der Waals surface area contributed by atoms with Gasteiger partial charge in [-0.2, -0.15) is 5.26 Å². The lowest BCUT2D eigenvalue weighted by Gasteiger charge is -2.37.